The van der Waals surface area contributed by atoms with E-state index in [-0.39, 0.29) is 22.8 Å². The molecule has 1 atom stereocenters. The fourth-order valence-electron chi connectivity index (χ4n) is 4.92. The number of aryl methyl sites for hydroxylation is 3. The summed E-state index contributed by atoms with van der Waals surface area (Å²) in [5.74, 6) is 0.320. The standard InChI is InChI=1S/C23H32N4O4S/c1-16-6-5-7-21(14-16)27-13-12-25(15-17(27)2)23(28)20-8-10-26(11-9-20)32(29,30)22-18(3)24-31-19(22)4/h5-7,14,17,20H,8-13,15H2,1-4H3/t17-/m0/s1. The van der Waals surface area contributed by atoms with Crippen LogP contribution in [0.4, 0.5) is 5.69 Å². The lowest BCUT2D eigenvalue weighted by molar-refractivity contribution is -0.137. The van der Waals surface area contributed by atoms with Gasteiger partial charge in [0.05, 0.1) is 0 Å². The first kappa shape index (κ1) is 22.8. The molecule has 2 fully saturated rings. The van der Waals surface area contributed by atoms with Gasteiger partial charge in [-0.2, -0.15) is 4.31 Å². The molecule has 1 aromatic carbocycles. The van der Waals surface area contributed by atoms with Crippen molar-refractivity contribution in [1.82, 2.24) is 14.4 Å². The van der Waals surface area contributed by atoms with Gasteiger partial charge in [0.25, 0.3) is 0 Å². The Morgan fingerprint density at radius 1 is 1.09 bits per heavy atom. The third-order valence-electron chi connectivity index (χ3n) is 6.64. The van der Waals surface area contributed by atoms with E-state index in [0.29, 0.717) is 50.5 Å². The van der Waals surface area contributed by atoms with Gasteiger partial charge in [0.15, 0.2) is 5.76 Å². The van der Waals surface area contributed by atoms with E-state index in [1.165, 1.54) is 15.6 Å². The van der Waals surface area contributed by atoms with Crippen molar-refractivity contribution in [2.45, 2.75) is 51.5 Å². The van der Waals surface area contributed by atoms with Gasteiger partial charge in [-0.1, -0.05) is 17.3 Å². The summed E-state index contributed by atoms with van der Waals surface area (Å²) < 4.78 is 32.6. The highest BCUT2D eigenvalue weighted by Crippen LogP contribution is 2.29. The van der Waals surface area contributed by atoms with Gasteiger partial charge >= 0.3 is 0 Å². The highest BCUT2D eigenvalue weighted by atomic mass is 32.2. The van der Waals surface area contributed by atoms with E-state index in [0.717, 1.165) is 6.54 Å². The Morgan fingerprint density at radius 3 is 2.41 bits per heavy atom. The summed E-state index contributed by atoms with van der Waals surface area (Å²) >= 11 is 0. The molecule has 0 aliphatic carbocycles. The molecular formula is C23H32N4O4S. The van der Waals surface area contributed by atoms with Crippen LogP contribution in [0.25, 0.3) is 0 Å². The van der Waals surface area contributed by atoms with E-state index < -0.39 is 10.0 Å². The van der Waals surface area contributed by atoms with Gasteiger partial charge in [0, 0.05) is 50.4 Å². The molecule has 3 heterocycles. The maximum absolute atomic E-state index is 13.2. The van der Waals surface area contributed by atoms with Crippen molar-refractivity contribution in [3.8, 4) is 0 Å². The van der Waals surface area contributed by atoms with Crippen LogP contribution in [0.2, 0.25) is 0 Å². The molecule has 0 N–H and O–H groups in total. The molecule has 0 saturated carbocycles. The number of amides is 1. The molecule has 0 radical (unpaired) electrons. The lowest BCUT2D eigenvalue weighted by atomic mass is 9.95. The normalized spacial score (nSPS) is 21.2. The summed E-state index contributed by atoms with van der Waals surface area (Å²) in [5, 5.41) is 3.78. The molecule has 8 nitrogen and oxygen atoms in total. The monoisotopic (exact) mass is 460 g/mol. The highest BCUT2D eigenvalue weighted by molar-refractivity contribution is 7.89. The second-order valence-electron chi connectivity index (χ2n) is 9.00. The molecule has 2 saturated heterocycles. The molecule has 32 heavy (non-hydrogen) atoms. The van der Waals surface area contributed by atoms with Crippen molar-refractivity contribution >= 4 is 21.6 Å². The SMILES string of the molecule is Cc1cccc(N2CCN(C(=O)C3CCN(S(=O)(=O)c4c(C)noc4C)CC3)C[C@@H]2C)c1. The molecule has 2 aliphatic rings. The van der Waals surface area contributed by atoms with Gasteiger partial charge in [-0.25, -0.2) is 8.42 Å². The number of anilines is 1. The molecule has 0 unspecified atom stereocenters. The summed E-state index contributed by atoms with van der Waals surface area (Å²) in [6.07, 6.45) is 1.07. The van der Waals surface area contributed by atoms with Crippen LogP contribution in [0.1, 0.15) is 36.8 Å². The first-order chi connectivity index (χ1) is 15.2. The highest BCUT2D eigenvalue weighted by Gasteiger charge is 2.37. The largest absolute Gasteiger partial charge is 0.365 e. The number of rotatable bonds is 4. The first-order valence-corrected chi connectivity index (χ1v) is 12.7. The number of aromatic nitrogens is 1. The van der Waals surface area contributed by atoms with E-state index in [1.807, 2.05) is 4.90 Å². The van der Waals surface area contributed by atoms with Crippen molar-refractivity contribution in [2.24, 2.45) is 5.92 Å². The van der Waals surface area contributed by atoms with Crippen molar-refractivity contribution in [3.05, 3.63) is 41.3 Å². The number of carbonyl (C=O) groups is 1. The van der Waals surface area contributed by atoms with E-state index in [1.54, 1.807) is 13.8 Å². The van der Waals surface area contributed by atoms with Crippen LogP contribution in [0.5, 0.6) is 0 Å². The van der Waals surface area contributed by atoms with E-state index in [9.17, 15) is 13.2 Å². The molecule has 1 amide bonds. The van der Waals surface area contributed by atoms with Crippen LogP contribution in [0, 0.1) is 26.7 Å². The molecule has 0 spiro atoms. The Balaban J connectivity index is 1.36. The summed E-state index contributed by atoms with van der Waals surface area (Å²) in [5.41, 5.74) is 2.80. The Bertz CT molecular complexity index is 1070. The zero-order valence-corrected chi connectivity index (χ0v) is 20.1. The lowest BCUT2D eigenvalue weighted by Crippen LogP contribution is -2.55. The average Bonchev–Trinajstić information content (AvgIpc) is 3.12. The second-order valence-corrected chi connectivity index (χ2v) is 10.9. The van der Waals surface area contributed by atoms with Crippen molar-refractivity contribution in [3.63, 3.8) is 0 Å². The van der Waals surface area contributed by atoms with Gasteiger partial charge in [-0.3, -0.25) is 4.79 Å². The van der Waals surface area contributed by atoms with Crippen LogP contribution >= 0.6 is 0 Å². The van der Waals surface area contributed by atoms with Gasteiger partial charge in [-0.05, 0) is 58.2 Å². The maximum Gasteiger partial charge on any atom is 0.248 e. The first-order valence-electron chi connectivity index (χ1n) is 11.2. The van der Waals surface area contributed by atoms with Crippen LogP contribution < -0.4 is 4.90 Å². The van der Waals surface area contributed by atoms with Gasteiger partial charge < -0.3 is 14.3 Å². The average molecular weight is 461 g/mol. The molecule has 1 aromatic heterocycles. The Labute approximate surface area is 190 Å². The number of piperazine rings is 1. The van der Waals surface area contributed by atoms with Gasteiger partial charge in [-0.15, -0.1) is 0 Å². The number of nitrogens with zero attached hydrogens (tertiary/aromatic N) is 4. The fourth-order valence-corrected chi connectivity index (χ4v) is 6.68. The van der Waals surface area contributed by atoms with Crippen molar-refractivity contribution in [1.29, 1.82) is 0 Å². The smallest absolute Gasteiger partial charge is 0.248 e. The quantitative estimate of drug-likeness (QED) is 0.697. The van der Waals surface area contributed by atoms with Crippen LogP contribution in [-0.2, 0) is 14.8 Å². The zero-order chi connectivity index (χ0) is 23.0. The number of piperidine rings is 1. The van der Waals surface area contributed by atoms with E-state index in [2.05, 4.69) is 48.2 Å². The molecule has 9 heteroatoms. The third-order valence-corrected chi connectivity index (χ3v) is 8.79. The number of benzene rings is 1. The molecule has 2 aliphatic heterocycles. The Kier molecular flexibility index (Phi) is 6.31. The lowest BCUT2D eigenvalue weighted by Gasteiger charge is -2.43. The second kappa shape index (κ2) is 8.86. The van der Waals surface area contributed by atoms with Gasteiger partial charge in [0.2, 0.25) is 15.9 Å². The van der Waals surface area contributed by atoms with E-state index >= 15 is 0 Å². The summed E-state index contributed by atoms with van der Waals surface area (Å²) in [7, 11) is -3.66. The van der Waals surface area contributed by atoms with E-state index in [4.69, 9.17) is 4.52 Å². The molecule has 0 bridgehead atoms. The van der Waals surface area contributed by atoms with Crippen LogP contribution in [-0.4, -0.2) is 67.5 Å². The number of sulfonamides is 1. The van der Waals surface area contributed by atoms with Crippen LogP contribution in [0.15, 0.2) is 33.7 Å². The Morgan fingerprint density at radius 2 is 1.81 bits per heavy atom. The van der Waals surface area contributed by atoms with Crippen molar-refractivity contribution < 1.29 is 17.7 Å². The minimum atomic E-state index is -3.66. The molecular weight excluding hydrogens is 428 g/mol. The molecule has 2 aromatic rings. The summed E-state index contributed by atoms with van der Waals surface area (Å²) in [4.78, 5) is 17.7. The van der Waals surface area contributed by atoms with Gasteiger partial charge in [0.1, 0.15) is 10.6 Å². The van der Waals surface area contributed by atoms with Crippen LogP contribution in [0.3, 0.4) is 0 Å². The summed E-state index contributed by atoms with van der Waals surface area (Å²) in [6, 6.07) is 8.69. The number of hydrogen-bond acceptors (Lipinski definition) is 6. The fraction of sp³-hybridized carbons (Fsp3) is 0.565. The third kappa shape index (κ3) is 4.28. The minimum Gasteiger partial charge on any atom is -0.365 e. The maximum atomic E-state index is 13.2. The molecule has 4 rings (SSSR count). The zero-order valence-electron chi connectivity index (χ0n) is 19.2. The number of hydrogen-bond donors (Lipinski definition) is 0. The van der Waals surface area contributed by atoms with Crippen molar-refractivity contribution in [2.75, 3.05) is 37.6 Å². The molecule has 174 valence electrons. The topological polar surface area (TPSA) is 87.0 Å². The Hall–Kier alpha value is -2.39. The predicted molar refractivity (Wildman–Crippen MR) is 122 cm³/mol. The predicted octanol–water partition coefficient (Wildman–Crippen LogP) is 2.74. The summed E-state index contributed by atoms with van der Waals surface area (Å²) in [6.45, 7) is 10.3. The number of carbonyl (C=O) groups excluding carboxylic acids is 1. The minimum absolute atomic E-state index is 0.135.